The molecular weight excluding hydrogens is 242 g/mol. The van der Waals surface area contributed by atoms with Gasteiger partial charge in [-0.05, 0) is 12.5 Å². The van der Waals surface area contributed by atoms with Crippen LogP contribution in [0.15, 0.2) is 35.5 Å². The van der Waals surface area contributed by atoms with Gasteiger partial charge >= 0.3 is 0 Å². The van der Waals surface area contributed by atoms with Crippen molar-refractivity contribution in [2.24, 2.45) is 5.16 Å². The van der Waals surface area contributed by atoms with Crippen LogP contribution < -0.4 is 0 Å². The smallest absolute Gasteiger partial charge is 0.206 e. The average molecular weight is 257 g/mol. The summed E-state index contributed by atoms with van der Waals surface area (Å²) in [5.41, 5.74) is 1.38. The summed E-state index contributed by atoms with van der Waals surface area (Å²) < 4.78 is 4.81. The highest BCUT2D eigenvalue weighted by Gasteiger charge is 2.36. The number of ether oxygens (including phenoxy) is 1. The van der Waals surface area contributed by atoms with Crippen molar-refractivity contribution in [2.45, 2.75) is 4.27 Å². The quantitative estimate of drug-likeness (QED) is 0.381. The molecule has 0 heterocycles. The van der Waals surface area contributed by atoms with E-state index in [-0.39, 0.29) is 0 Å². The molecule has 0 amide bonds. The molecular formula is C11H15NO2S2. The predicted octanol–water partition coefficient (Wildman–Crippen LogP) is 2.89. The molecule has 5 heteroatoms. The zero-order chi connectivity index (χ0) is 12.0. The molecule has 0 unspecified atom stereocenters. The third-order valence-electron chi connectivity index (χ3n) is 2.24. The number of nitrogens with zero attached hydrogens (tertiary/aromatic N) is 1. The summed E-state index contributed by atoms with van der Waals surface area (Å²) in [5.74, 6) is 0. The Hall–Kier alpha value is -0.650. The highest BCUT2D eigenvalue weighted by atomic mass is 32.2. The maximum absolute atomic E-state index is 9.19. The van der Waals surface area contributed by atoms with Gasteiger partial charge in [0.25, 0.3) is 0 Å². The maximum atomic E-state index is 9.19. The van der Waals surface area contributed by atoms with Crippen molar-refractivity contribution in [3.05, 3.63) is 35.9 Å². The van der Waals surface area contributed by atoms with Crippen LogP contribution in [0.25, 0.3) is 0 Å². The Kier molecular flexibility index (Phi) is 5.18. The summed E-state index contributed by atoms with van der Waals surface area (Å²) >= 11 is 2.99. The van der Waals surface area contributed by atoms with Gasteiger partial charge in [0.1, 0.15) is 5.71 Å². The van der Waals surface area contributed by atoms with Crippen molar-refractivity contribution < 1.29 is 9.94 Å². The number of oxime groups is 1. The average Bonchev–Trinajstić information content (AvgIpc) is 2.37. The monoisotopic (exact) mass is 257 g/mol. The first-order valence-corrected chi connectivity index (χ1v) is 7.12. The molecule has 0 aliphatic heterocycles. The molecule has 3 nitrogen and oxygen atoms in total. The normalized spacial score (nSPS) is 12.8. The van der Waals surface area contributed by atoms with Gasteiger partial charge < -0.3 is 9.94 Å². The topological polar surface area (TPSA) is 41.8 Å². The van der Waals surface area contributed by atoms with Crippen molar-refractivity contribution in [1.29, 1.82) is 0 Å². The van der Waals surface area contributed by atoms with Crippen LogP contribution in [-0.4, -0.2) is 34.8 Å². The first-order chi connectivity index (χ1) is 7.74. The van der Waals surface area contributed by atoms with Crippen LogP contribution in [0.1, 0.15) is 5.56 Å². The first kappa shape index (κ1) is 13.4. The van der Waals surface area contributed by atoms with E-state index in [9.17, 15) is 5.21 Å². The molecule has 1 rings (SSSR count). The Labute approximate surface area is 104 Å². The highest BCUT2D eigenvalue weighted by Crippen LogP contribution is 2.38. The Morgan fingerprint density at radius 2 is 1.81 bits per heavy atom. The molecule has 0 saturated carbocycles. The van der Waals surface area contributed by atoms with Crippen LogP contribution in [0.3, 0.4) is 0 Å². The summed E-state index contributed by atoms with van der Waals surface area (Å²) in [6.07, 6.45) is 3.85. The molecule has 0 fully saturated rings. The van der Waals surface area contributed by atoms with Gasteiger partial charge in [-0.1, -0.05) is 35.5 Å². The molecule has 0 atom stereocenters. The fourth-order valence-corrected chi connectivity index (χ4v) is 3.14. The van der Waals surface area contributed by atoms with Crippen molar-refractivity contribution in [3.8, 4) is 0 Å². The van der Waals surface area contributed by atoms with E-state index >= 15 is 0 Å². The lowest BCUT2D eigenvalue weighted by atomic mass is 10.1. The van der Waals surface area contributed by atoms with Gasteiger partial charge in [-0.3, -0.25) is 0 Å². The molecule has 0 saturated heterocycles. The van der Waals surface area contributed by atoms with E-state index in [0.29, 0.717) is 5.71 Å². The second kappa shape index (κ2) is 6.18. The standard InChI is InChI=1S/C11H15NO2S2/c1-14-11(15-2,16-3)10(12-13)9-7-5-4-6-8-9/h4-8,13H,1-3H3/b12-10+. The molecule has 0 bridgehead atoms. The molecule has 0 aliphatic rings. The van der Waals surface area contributed by atoms with Crippen molar-refractivity contribution >= 4 is 29.2 Å². The number of rotatable bonds is 5. The number of hydrogen-bond donors (Lipinski definition) is 1. The SMILES string of the molecule is COC(SC)(SC)/C(=N/O)c1ccccc1. The lowest BCUT2D eigenvalue weighted by molar-refractivity contribution is 0.191. The van der Waals surface area contributed by atoms with E-state index in [2.05, 4.69) is 5.16 Å². The lowest BCUT2D eigenvalue weighted by Crippen LogP contribution is -2.34. The number of methoxy groups -OCH3 is 1. The van der Waals surface area contributed by atoms with Gasteiger partial charge in [-0.2, -0.15) is 0 Å². The lowest BCUT2D eigenvalue weighted by Gasteiger charge is -2.29. The van der Waals surface area contributed by atoms with E-state index in [0.717, 1.165) is 5.56 Å². The molecule has 0 aromatic heterocycles. The maximum Gasteiger partial charge on any atom is 0.206 e. The van der Waals surface area contributed by atoms with E-state index in [1.54, 1.807) is 7.11 Å². The second-order valence-corrected chi connectivity index (χ2v) is 5.21. The molecule has 1 N–H and O–H groups in total. The summed E-state index contributed by atoms with van der Waals surface area (Å²) in [7, 11) is 1.61. The van der Waals surface area contributed by atoms with Crippen LogP contribution in [0.2, 0.25) is 0 Å². The molecule has 1 aromatic carbocycles. The molecule has 1 aromatic rings. The third kappa shape index (κ3) is 2.53. The fourth-order valence-electron chi connectivity index (χ4n) is 1.43. The summed E-state index contributed by atoms with van der Waals surface area (Å²) in [6, 6.07) is 9.53. The summed E-state index contributed by atoms with van der Waals surface area (Å²) in [4.78, 5) is 0. The van der Waals surface area contributed by atoms with Crippen LogP contribution in [0.5, 0.6) is 0 Å². The number of hydrogen-bond acceptors (Lipinski definition) is 5. The Morgan fingerprint density at radius 3 is 2.19 bits per heavy atom. The molecule has 88 valence electrons. The van der Waals surface area contributed by atoms with E-state index < -0.39 is 4.27 Å². The second-order valence-electron chi connectivity index (χ2n) is 2.98. The number of benzene rings is 1. The van der Waals surface area contributed by atoms with Crippen LogP contribution in [-0.2, 0) is 4.74 Å². The molecule has 0 radical (unpaired) electrons. The van der Waals surface area contributed by atoms with Gasteiger partial charge in [0, 0.05) is 12.7 Å². The van der Waals surface area contributed by atoms with Crippen LogP contribution in [0, 0.1) is 0 Å². The minimum atomic E-state index is -0.671. The van der Waals surface area contributed by atoms with Crippen LogP contribution in [0.4, 0.5) is 0 Å². The zero-order valence-corrected chi connectivity index (χ0v) is 11.1. The highest BCUT2D eigenvalue weighted by molar-refractivity contribution is 8.18. The van der Waals surface area contributed by atoms with E-state index in [1.165, 1.54) is 23.5 Å². The van der Waals surface area contributed by atoms with Gasteiger partial charge in [-0.25, -0.2) is 0 Å². The summed E-state index contributed by atoms with van der Waals surface area (Å²) in [5, 5.41) is 12.6. The van der Waals surface area contributed by atoms with E-state index in [4.69, 9.17) is 4.74 Å². The van der Waals surface area contributed by atoms with Gasteiger partial charge in [0.15, 0.2) is 0 Å². The van der Waals surface area contributed by atoms with Crippen LogP contribution >= 0.6 is 23.5 Å². The number of thioether (sulfide) groups is 2. The van der Waals surface area contributed by atoms with Crippen molar-refractivity contribution in [1.82, 2.24) is 0 Å². The van der Waals surface area contributed by atoms with Gasteiger partial charge in [0.05, 0.1) is 0 Å². The van der Waals surface area contributed by atoms with Gasteiger partial charge in [0.2, 0.25) is 4.27 Å². The largest absolute Gasteiger partial charge is 0.410 e. The molecule has 0 aliphatic carbocycles. The Morgan fingerprint density at radius 1 is 1.25 bits per heavy atom. The van der Waals surface area contributed by atoms with Gasteiger partial charge in [-0.15, -0.1) is 23.5 Å². The zero-order valence-electron chi connectivity index (χ0n) is 9.51. The van der Waals surface area contributed by atoms with E-state index in [1.807, 2.05) is 42.8 Å². The third-order valence-corrected chi connectivity index (χ3v) is 5.04. The predicted molar refractivity (Wildman–Crippen MR) is 71.5 cm³/mol. The molecule has 16 heavy (non-hydrogen) atoms. The van der Waals surface area contributed by atoms with Crippen molar-refractivity contribution in [3.63, 3.8) is 0 Å². The minimum absolute atomic E-state index is 0.524. The Bertz CT molecular complexity index is 342. The fraction of sp³-hybridized carbons (Fsp3) is 0.364. The Balaban J connectivity index is 3.17. The first-order valence-electron chi connectivity index (χ1n) is 4.67. The van der Waals surface area contributed by atoms with Crippen molar-refractivity contribution in [2.75, 3.05) is 19.6 Å². The summed E-state index contributed by atoms with van der Waals surface area (Å²) in [6.45, 7) is 0. The minimum Gasteiger partial charge on any atom is -0.410 e. The molecule has 0 spiro atoms.